The fourth-order valence-electron chi connectivity index (χ4n) is 1.83. The molecule has 0 fully saturated rings. The van der Waals surface area contributed by atoms with Gasteiger partial charge in [-0.2, -0.15) is 0 Å². The summed E-state index contributed by atoms with van der Waals surface area (Å²) in [6.45, 7) is 3.24. The Morgan fingerprint density at radius 3 is 2.74 bits per heavy atom. The van der Waals surface area contributed by atoms with E-state index in [1.807, 2.05) is 37.4 Å². The van der Waals surface area contributed by atoms with Gasteiger partial charge in [0.05, 0.1) is 5.69 Å². The molecule has 0 aliphatic carbocycles. The second-order valence-electron chi connectivity index (χ2n) is 4.75. The fourth-order valence-corrected chi connectivity index (χ4v) is 2.53. The number of anilines is 1. The molecule has 1 aromatic heterocycles. The molecule has 7 heteroatoms. The highest BCUT2D eigenvalue weighted by Crippen LogP contribution is 2.18. The molecule has 0 saturated heterocycles. The van der Waals surface area contributed by atoms with E-state index in [1.54, 1.807) is 6.07 Å². The highest BCUT2D eigenvalue weighted by molar-refractivity contribution is 7.13. The summed E-state index contributed by atoms with van der Waals surface area (Å²) in [5.41, 5.74) is 1.84. The van der Waals surface area contributed by atoms with Crippen molar-refractivity contribution >= 4 is 28.3 Å². The van der Waals surface area contributed by atoms with Crippen LogP contribution in [-0.2, 0) is 20.7 Å². The zero-order valence-electron chi connectivity index (χ0n) is 13.0. The summed E-state index contributed by atoms with van der Waals surface area (Å²) in [5, 5.41) is 4.86. The second-order valence-corrected chi connectivity index (χ2v) is 5.61. The van der Waals surface area contributed by atoms with E-state index in [1.165, 1.54) is 11.3 Å². The van der Waals surface area contributed by atoms with E-state index in [0.717, 1.165) is 17.7 Å². The number of thiazole rings is 1. The van der Waals surface area contributed by atoms with Gasteiger partial charge >= 0.3 is 5.97 Å². The molecule has 0 spiro atoms. The van der Waals surface area contributed by atoms with Crippen LogP contribution in [0.1, 0.15) is 18.2 Å². The number of nitrogens with one attached hydrogen (secondary N) is 1. The number of carbonyl (C=O) groups excluding carboxylic acids is 2. The molecular formula is C16H18N2O4S. The Labute approximate surface area is 138 Å². The Morgan fingerprint density at radius 2 is 2.04 bits per heavy atom. The van der Waals surface area contributed by atoms with Crippen molar-refractivity contribution in [3.05, 3.63) is 40.9 Å². The van der Waals surface area contributed by atoms with Crippen LogP contribution in [0.4, 0.5) is 5.13 Å². The van der Waals surface area contributed by atoms with Gasteiger partial charge in [0.25, 0.3) is 5.91 Å². The minimum absolute atomic E-state index is 0.235. The molecule has 0 unspecified atom stereocenters. The van der Waals surface area contributed by atoms with Crippen molar-refractivity contribution in [2.75, 3.05) is 18.5 Å². The number of amides is 1. The minimum atomic E-state index is -0.596. The number of ether oxygens (including phenoxy) is 2. The number of aryl methyl sites for hydroxylation is 2. The summed E-state index contributed by atoms with van der Waals surface area (Å²) in [6.07, 6.45) is 0.806. The van der Waals surface area contributed by atoms with Crippen LogP contribution in [0.5, 0.6) is 5.75 Å². The third kappa shape index (κ3) is 5.37. The van der Waals surface area contributed by atoms with Gasteiger partial charge in [0.15, 0.2) is 18.3 Å². The van der Waals surface area contributed by atoms with E-state index < -0.39 is 11.9 Å². The normalized spacial score (nSPS) is 10.2. The smallest absolute Gasteiger partial charge is 0.344 e. The summed E-state index contributed by atoms with van der Waals surface area (Å²) in [6, 6.07) is 7.48. The van der Waals surface area contributed by atoms with Crippen LogP contribution in [0.3, 0.4) is 0 Å². The van der Waals surface area contributed by atoms with Gasteiger partial charge < -0.3 is 9.47 Å². The van der Waals surface area contributed by atoms with E-state index in [2.05, 4.69) is 10.3 Å². The summed E-state index contributed by atoms with van der Waals surface area (Å²) < 4.78 is 10.3. The monoisotopic (exact) mass is 334 g/mol. The number of nitrogens with zero attached hydrogens (tertiary/aromatic N) is 1. The molecule has 0 atom stereocenters. The molecule has 6 nitrogen and oxygen atoms in total. The van der Waals surface area contributed by atoms with Crippen LogP contribution < -0.4 is 10.1 Å². The second kappa shape index (κ2) is 8.28. The Balaban J connectivity index is 1.73. The number of esters is 1. The first kappa shape index (κ1) is 17.0. The topological polar surface area (TPSA) is 77.5 Å². The summed E-state index contributed by atoms with van der Waals surface area (Å²) >= 11 is 1.32. The summed E-state index contributed by atoms with van der Waals surface area (Å²) in [7, 11) is 0. The molecule has 0 saturated carbocycles. The van der Waals surface area contributed by atoms with Crippen molar-refractivity contribution in [2.45, 2.75) is 20.3 Å². The number of hydrogen-bond acceptors (Lipinski definition) is 6. The minimum Gasteiger partial charge on any atom is -0.482 e. The van der Waals surface area contributed by atoms with Gasteiger partial charge in [-0.25, -0.2) is 9.78 Å². The fraction of sp³-hybridized carbons (Fsp3) is 0.312. The average Bonchev–Trinajstić information content (AvgIpc) is 2.96. The summed E-state index contributed by atoms with van der Waals surface area (Å²) in [5.74, 6) is -0.377. The number of rotatable bonds is 7. The van der Waals surface area contributed by atoms with Crippen molar-refractivity contribution in [1.82, 2.24) is 4.98 Å². The molecule has 0 bridgehead atoms. The van der Waals surface area contributed by atoms with Gasteiger partial charge in [0, 0.05) is 5.38 Å². The van der Waals surface area contributed by atoms with Crippen molar-refractivity contribution in [3.8, 4) is 5.75 Å². The third-order valence-electron chi connectivity index (χ3n) is 2.93. The maximum atomic E-state index is 11.6. The quantitative estimate of drug-likeness (QED) is 0.788. The zero-order chi connectivity index (χ0) is 16.7. The number of hydrogen-bond donors (Lipinski definition) is 1. The molecule has 23 heavy (non-hydrogen) atoms. The maximum Gasteiger partial charge on any atom is 0.344 e. The third-order valence-corrected chi connectivity index (χ3v) is 3.80. The molecule has 2 rings (SSSR count). The van der Waals surface area contributed by atoms with Crippen LogP contribution in [0.2, 0.25) is 0 Å². The lowest BCUT2D eigenvalue weighted by atomic mass is 10.1. The van der Waals surface area contributed by atoms with E-state index in [0.29, 0.717) is 10.9 Å². The first-order chi connectivity index (χ1) is 11.1. The van der Waals surface area contributed by atoms with Crippen molar-refractivity contribution in [1.29, 1.82) is 0 Å². The lowest BCUT2D eigenvalue weighted by Crippen LogP contribution is -2.23. The molecule has 122 valence electrons. The first-order valence-electron chi connectivity index (χ1n) is 7.16. The number of aromatic nitrogens is 1. The van der Waals surface area contributed by atoms with Gasteiger partial charge in [-0.05, 0) is 25.0 Å². The van der Waals surface area contributed by atoms with Gasteiger partial charge in [0.1, 0.15) is 5.75 Å². The molecule has 1 heterocycles. The zero-order valence-corrected chi connectivity index (χ0v) is 13.8. The maximum absolute atomic E-state index is 11.6. The Bertz CT molecular complexity index is 684. The van der Waals surface area contributed by atoms with E-state index in [4.69, 9.17) is 9.47 Å². The molecule has 0 radical (unpaired) electrons. The molecule has 0 aliphatic heterocycles. The molecular weight excluding hydrogens is 316 g/mol. The van der Waals surface area contributed by atoms with E-state index in [-0.39, 0.29) is 13.2 Å². The lowest BCUT2D eigenvalue weighted by Gasteiger charge is -2.09. The van der Waals surface area contributed by atoms with Crippen molar-refractivity contribution in [3.63, 3.8) is 0 Å². The predicted molar refractivity (Wildman–Crippen MR) is 87.8 cm³/mol. The number of benzene rings is 1. The molecule has 1 amide bonds. The number of para-hydroxylation sites is 1. The van der Waals surface area contributed by atoms with Gasteiger partial charge in [-0.3, -0.25) is 10.1 Å². The molecule has 1 aromatic carbocycles. The highest BCUT2D eigenvalue weighted by Gasteiger charge is 2.11. The van der Waals surface area contributed by atoms with Crippen LogP contribution in [-0.4, -0.2) is 30.1 Å². The van der Waals surface area contributed by atoms with Gasteiger partial charge in [0.2, 0.25) is 0 Å². The average molecular weight is 334 g/mol. The Hall–Kier alpha value is -2.41. The van der Waals surface area contributed by atoms with Crippen molar-refractivity contribution < 1.29 is 19.1 Å². The Morgan fingerprint density at radius 1 is 1.26 bits per heavy atom. The summed E-state index contributed by atoms with van der Waals surface area (Å²) in [4.78, 5) is 27.4. The van der Waals surface area contributed by atoms with Crippen LogP contribution in [0.15, 0.2) is 29.6 Å². The lowest BCUT2D eigenvalue weighted by molar-refractivity contribution is -0.149. The largest absolute Gasteiger partial charge is 0.482 e. The highest BCUT2D eigenvalue weighted by atomic mass is 32.1. The van der Waals surface area contributed by atoms with E-state index >= 15 is 0 Å². The van der Waals surface area contributed by atoms with Crippen LogP contribution in [0.25, 0.3) is 0 Å². The number of carbonyl (C=O) groups is 2. The SMILES string of the molecule is CCc1ccccc1OCC(=O)OCC(=O)Nc1nc(C)cs1. The van der Waals surface area contributed by atoms with Crippen LogP contribution in [0, 0.1) is 6.92 Å². The van der Waals surface area contributed by atoms with E-state index in [9.17, 15) is 9.59 Å². The molecule has 2 aromatic rings. The Kier molecular flexibility index (Phi) is 6.10. The van der Waals surface area contributed by atoms with Crippen molar-refractivity contribution in [2.24, 2.45) is 0 Å². The molecule has 1 N–H and O–H groups in total. The molecule has 0 aliphatic rings. The van der Waals surface area contributed by atoms with Crippen LogP contribution >= 0.6 is 11.3 Å². The first-order valence-corrected chi connectivity index (χ1v) is 8.04. The standard InChI is InChI=1S/C16H18N2O4S/c1-3-12-6-4-5-7-13(12)21-9-15(20)22-8-14(19)18-16-17-11(2)10-23-16/h4-7,10H,3,8-9H2,1-2H3,(H,17,18,19). The van der Waals surface area contributed by atoms with Gasteiger partial charge in [-0.15, -0.1) is 11.3 Å². The van der Waals surface area contributed by atoms with Gasteiger partial charge in [-0.1, -0.05) is 25.1 Å². The predicted octanol–water partition coefficient (Wildman–Crippen LogP) is 2.57.